The van der Waals surface area contributed by atoms with Gasteiger partial charge in [-0.1, -0.05) is 25.1 Å². The van der Waals surface area contributed by atoms with Crippen LogP contribution in [-0.2, 0) is 5.75 Å². The first-order valence-electron chi connectivity index (χ1n) is 4.70. The number of benzene rings is 1. The number of rotatable bonds is 5. The molecule has 1 aromatic carbocycles. The summed E-state index contributed by atoms with van der Waals surface area (Å²) in [6, 6.07) is 6.82. The third kappa shape index (κ3) is 3.68. The van der Waals surface area contributed by atoms with Crippen LogP contribution in [0.5, 0.6) is 0 Å². The third-order valence-corrected chi connectivity index (χ3v) is 3.30. The molecule has 0 amide bonds. The number of aliphatic hydroxyl groups is 1. The Bertz CT molecular complexity index is 278. The molecule has 0 saturated heterocycles. The van der Waals surface area contributed by atoms with E-state index < -0.39 is 0 Å². The van der Waals surface area contributed by atoms with Crippen LogP contribution in [0.2, 0.25) is 0 Å². The Labute approximate surface area is 88.3 Å². The molecule has 0 fully saturated rings. The van der Waals surface area contributed by atoms with Crippen molar-refractivity contribution < 1.29 is 9.50 Å². The van der Waals surface area contributed by atoms with Crippen LogP contribution in [0, 0.1) is 5.82 Å². The van der Waals surface area contributed by atoms with Gasteiger partial charge in [0.2, 0.25) is 0 Å². The number of aliphatic hydroxyl groups excluding tert-OH is 1. The summed E-state index contributed by atoms with van der Waals surface area (Å²) in [7, 11) is 0. The van der Waals surface area contributed by atoms with Crippen molar-refractivity contribution in [2.45, 2.75) is 24.3 Å². The van der Waals surface area contributed by atoms with Gasteiger partial charge in [0.1, 0.15) is 5.82 Å². The average Bonchev–Trinajstić information content (AvgIpc) is 2.17. The topological polar surface area (TPSA) is 20.2 Å². The maximum absolute atomic E-state index is 13.2. The van der Waals surface area contributed by atoms with Gasteiger partial charge in [0, 0.05) is 17.6 Å². The highest BCUT2D eigenvalue weighted by Gasteiger charge is 2.05. The van der Waals surface area contributed by atoms with E-state index in [4.69, 9.17) is 5.11 Å². The van der Waals surface area contributed by atoms with Crippen molar-refractivity contribution >= 4 is 11.8 Å². The van der Waals surface area contributed by atoms with Gasteiger partial charge in [-0.3, -0.25) is 0 Å². The second-order valence-electron chi connectivity index (χ2n) is 3.23. The van der Waals surface area contributed by atoms with Gasteiger partial charge in [0.25, 0.3) is 0 Å². The number of hydrogen-bond acceptors (Lipinski definition) is 2. The monoisotopic (exact) mass is 214 g/mol. The summed E-state index contributed by atoms with van der Waals surface area (Å²) >= 11 is 1.67. The van der Waals surface area contributed by atoms with Gasteiger partial charge in [-0.05, 0) is 18.1 Å². The maximum Gasteiger partial charge on any atom is 0.127 e. The van der Waals surface area contributed by atoms with E-state index in [-0.39, 0.29) is 12.4 Å². The molecule has 1 nitrogen and oxygen atoms in total. The van der Waals surface area contributed by atoms with Crippen LogP contribution < -0.4 is 0 Å². The molecule has 0 heterocycles. The van der Waals surface area contributed by atoms with E-state index in [2.05, 4.69) is 0 Å². The van der Waals surface area contributed by atoms with Crippen molar-refractivity contribution in [3.63, 3.8) is 0 Å². The molecule has 0 aliphatic rings. The molecule has 0 aromatic heterocycles. The minimum absolute atomic E-state index is 0.142. The minimum atomic E-state index is -0.142. The van der Waals surface area contributed by atoms with E-state index >= 15 is 0 Å². The van der Waals surface area contributed by atoms with E-state index in [0.717, 1.165) is 12.0 Å². The number of thioether (sulfide) groups is 1. The standard InChI is InChI=1S/C11H15FOS/c1-9(6-7-13)14-8-10-4-2-3-5-11(10)12/h2-5,9,13H,6-8H2,1H3. The van der Waals surface area contributed by atoms with Gasteiger partial charge in [0.15, 0.2) is 0 Å². The Morgan fingerprint density at radius 1 is 1.43 bits per heavy atom. The van der Waals surface area contributed by atoms with E-state index in [1.165, 1.54) is 6.07 Å². The van der Waals surface area contributed by atoms with Crippen molar-refractivity contribution in [2.24, 2.45) is 0 Å². The quantitative estimate of drug-likeness (QED) is 0.813. The lowest BCUT2D eigenvalue weighted by Gasteiger charge is -2.09. The largest absolute Gasteiger partial charge is 0.396 e. The zero-order valence-corrected chi connectivity index (χ0v) is 9.06. The van der Waals surface area contributed by atoms with Crippen LogP contribution in [0.15, 0.2) is 24.3 Å². The van der Waals surface area contributed by atoms with E-state index in [0.29, 0.717) is 11.0 Å². The first kappa shape index (κ1) is 11.5. The average molecular weight is 214 g/mol. The van der Waals surface area contributed by atoms with Gasteiger partial charge < -0.3 is 5.11 Å². The van der Waals surface area contributed by atoms with Crippen LogP contribution in [0.1, 0.15) is 18.9 Å². The fourth-order valence-corrected chi connectivity index (χ4v) is 2.08. The molecule has 0 saturated carbocycles. The highest BCUT2D eigenvalue weighted by Crippen LogP contribution is 2.21. The van der Waals surface area contributed by atoms with Crippen LogP contribution in [0.25, 0.3) is 0 Å². The molecule has 78 valence electrons. The highest BCUT2D eigenvalue weighted by atomic mass is 32.2. The Morgan fingerprint density at radius 3 is 2.79 bits per heavy atom. The Morgan fingerprint density at radius 2 is 2.14 bits per heavy atom. The fraction of sp³-hybridized carbons (Fsp3) is 0.455. The first-order chi connectivity index (χ1) is 6.74. The zero-order valence-electron chi connectivity index (χ0n) is 8.24. The van der Waals surface area contributed by atoms with Crippen LogP contribution >= 0.6 is 11.8 Å². The molecule has 0 bridgehead atoms. The predicted molar refractivity (Wildman–Crippen MR) is 58.9 cm³/mol. The van der Waals surface area contributed by atoms with Gasteiger partial charge in [-0.25, -0.2) is 4.39 Å². The highest BCUT2D eigenvalue weighted by molar-refractivity contribution is 7.99. The van der Waals surface area contributed by atoms with Crippen molar-refractivity contribution in [3.05, 3.63) is 35.6 Å². The van der Waals surface area contributed by atoms with E-state index in [1.807, 2.05) is 13.0 Å². The van der Waals surface area contributed by atoms with Crippen LogP contribution in [0.4, 0.5) is 4.39 Å². The zero-order chi connectivity index (χ0) is 10.4. The summed E-state index contributed by atoms with van der Waals surface area (Å²) < 4.78 is 13.2. The van der Waals surface area contributed by atoms with Crippen molar-refractivity contribution in [1.29, 1.82) is 0 Å². The molecule has 0 aliphatic carbocycles. The fourth-order valence-electron chi connectivity index (χ4n) is 1.11. The summed E-state index contributed by atoms with van der Waals surface area (Å²) in [6.07, 6.45) is 0.763. The van der Waals surface area contributed by atoms with Crippen molar-refractivity contribution in [1.82, 2.24) is 0 Å². The second kappa shape index (κ2) is 6.04. The van der Waals surface area contributed by atoms with Gasteiger partial charge >= 0.3 is 0 Å². The summed E-state index contributed by atoms with van der Waals surface area (Å²) in [5.74, 6) is 0.532. The molecular weight excluding hydrogens is 199 g/mol. The summed E-state index contributed by atoms with van der Waals surface area (Å²) in [4.78, 5) is 0. The molecular formula is C11H15FOS. The van der Waals surface area contributed by atoms with Gasteiger partial charge in [0.05, 0.1) is 0 Å². The lowest BCUT2D eigenvalue weighted by atomic mass is 10.2. The molecule has 3 heteroatoms. The van der Waals surface area contributed by atoms with Gasteiger partial charge in [-0.15, -0.1) is 0 Å². The number of halogens is 1. The molecule has 1 rings (SSSR count). The van der Waals surface area contributed by atoms with Crippen molar-refractivity contribution in [2.75, 3.05) is 6.61 Å². The Balaban J connectivity index is 2.41. The Hall–Kier alpha value is -0.540. The van der Waals surface area contributed by atoms with Crippen LogP contribution in [0.3, 0.4) is 0 Å². The number of hydrogen-bond donors (Lipinski definition) is 1. The molecule has 1 unspecified atom stereocenters. The normalized spacial score (nSPS) is 12.8. The second-order valence-corrected chi connectivity index (χ2v) is 4.65. The third-order valence-electron chi connectivity index (χ3n) is 2.02. The molecule has 0 spiro atoms. The molecule has 1 aromatic rings. The molecule has 1 N–H and O–H groups in total. The van der Waals surface area contributed by atoms with Gasteiger partial charge in [-0.2, -0.15) is 11.8 Å². The van der Waals surface area contributed by atoms with E-state index in [1.54, 1.807) is 23.9 Å². The maximum atomic E-state index is 13.2. The summed E-state index contributed by atoms with van der Waals surface area (Å²) in [6.45, 7) is 2.24. The molecule has 0 radical (unpaired) electrons. The molecule has 1 atom stereocenters. The lowest BCUT2D eigenvalue weighted by molar-refractivity contribution is 0.289. The lowest BCUT2D eigenvalue weighted by Crippen LogP contribution is -2.00. The van der Waals surface area contributed by atoms with Crippen molar-refractivity contribution in [3.8, 4) is 0 Å². The summed E-state index contributed by atoms with van der Waals surface area (Å²) in [5, 5.41) is 9.08. The minimum Gasteiger partial charge on any atom is -0.396 e. The first-order valence-corrected chi connectivity index (χ1v) is 5.74. The predicted octanol–water partition coefficient (Wildman–Crippen LogP) is 2.83. The smallest absolute Gasteiger partial charge is 0.127 e. The molecule has 0 aliphatic heterocycles. The SMILES string of the molecule is CC(CCO)SCc1ccccc1F. The van der Waals surface area contributed by atoms with Crippen LogP contribution in [-0.4, -0.2) is 17.0 Å². The van der Waals surface area contributed by atoms with E-state index in [9.17, 15) is 4.39 Å². The molecule has 14 heavy (non-hydrogen) atoms. The Kier molecular flexibility index (Phi) is 4.98. The summed E-state index contributed by atoms with van der Waals surface area (Å²) in [5.41, 5.74) is 0.738.